The maximum atomic E-state index is 12.4. The Bertz CT molecular complexity index is 674. The molecule has 1 fully saturated rings. The zero-order chi connectivity index (χ0) is 17.0. The molecule has 0 aromatic heterocycles. The predicted molar refractivity (Wildman–Crippen MR) is 84.1 cm³/mol. The van der Waals surface area contributed by atoms with Gasteiger partial charge in [0.1, 0.15) is 0 Å². The van der Waals surface area contributed by atoms with Crippen molar-refractivity contribution in [3.63, 3.8) is 0 Å². The molecule has 2 rings (SSSR count). The van der Waals surface area contributed by atoms with E-state index in [1.807, 2.05) is 0 Å². The summed E-state index contributed by atoms with van der Waals surface area (Å²) in [7, 11) is -3.35. The maximum absolute atomic E-state index is 12.4. The molecule has 0 bridgehead atoms. The normalized spacial score (nSPS) is 20.7. The van der Waals surface area contributed by atoms with Crippen LogP contribution in [0.4, 0.5) is 0 Å². The molecule has 1 aliphatic heterocycles. The summed E-state index contributed by atoms with van der Waals surface area (Å²) in [5.41, 5.74) is 0.476. The van der Waals surface area contributed by atoms with Crippen molar-refractivity contribution in [3.8, 4) is 0 Å². The van der Waals surface area contributed by atoms with Crippen molar-refractivity contribution in [2.24, 2.45) is 5.92 Å². The second-order valence-corrected chi connectivity index (χ2v) is 7.63. The number of amides is 1. The van der Waals surface area contributed by atoms with E-state index in [1.54, 1.807) is 30.3 Å². The average Bonchev–Trinajstić information content (AvgIpc) is 2.52. The van der Waals surface area contributed by atoms with Crippen LogP contribution in [0.3, 0.4) is 0 Å². The Labute approximate surface area is 135 Å². The number of hydrogen-bond donors (Lipinski definition) is 2. The van der Waals surface area contributed by atoms with Gasteiger partial charge in [-0.15, -0.1) is 0 Å². The zero-order valence-electron chi connectivity index (χ0n) is 12.8. The molecule has 7 nitrogen and oxygen atoms in total. The van der Waals surface area contributed by atoms with Crippen LogP contribution in [0.2, 0.25) is 0 Å². The summed E-state index contributed by atoms with van der Waals surface area (Å²) >= 11 is 0. The van der Waals surface area contributed by atoms with E-state index < -0.39 is 33.9 Å². The lowest BCUT2D eigenvalue weighted by molar-refractivity contribution is -0.143. The highest BCUT2D eigenvalue weighted by atomic mass is 32.2. The second kappa shape index (κ2) is 7.10. The lowest BCUT2D eigenvalue weighted by Gasteiger charge is -2.30. The average molecular weight is 340 g/mol. The summed E-state index contributed by atoms with van der Waals surface area (Å²) in [6, 6.07) is 7.27. The fourth-order valence-corrected chi connectivity index (χ4v) is 3.56. The largest absolute Gasteiger partial charge is 0.479 e. The fraction of sp³-hybridized carbons (Fsp3) is 0.467. The highest BCUT2D eigenvalue weighted by Crippen LogP contribution is 2.21. The van der Waals surface area contributed by atoms with Gasteiger partial charge in [-0.1, -0.05) is 30.3 Å². The third kappa shape index (κ3) is 4.52. The first-order valence-corrected chi connectivity index (χ1v) is 9.17. The van der Waals surface area contributed by atoms with Crippen LogP contribution in [0, 0.1) is 5.92 Å². The van der Waals surface area contributed by atoms with Crippen LogP contribution >= 0.6 is 0 Å². The summed E-state index contributed by atoms with van der Waals surface area (Å²) < 4.78 is 24.5. The Balaban J connectivity index is 2.09. The van der Waals surface area contributed by atoms with Crippen LogP contribution in [0.1, 0.15) is 24.4 Å². The molecule has 0 unspecified atom stereocenters. The van der Waals surface area contributed by atoms with Gasteiger partial charge in [0.2, 0.25) is 15.9 Å². The number of carboxylic acid groups (broad SMARTS) is 1. The SMILES string of the molecule is CS(=O)(=O)N1CCC[C@H](C(=O)N[C@@H](C(=O)O)c2ccccc2)C1. The van der Waals surface area contributed by atoms with E-state index in [0.717, 1.165) is 6.26 Å². The summed E-state index contributed by atoms with van der Waals surface area (Å²) in [6.45, 7) is 0.482. The Kier molecular flexibility index (Phi) is 5.38. The molecule has 126 valence electrons. The van der Waals surface area contributed by atoms with Gasteiger partial charge >= 0.3 is 5.97 Å². The van der Waals surface area contributed by atoms with Gasteiger partial charge < -0.3 is 10.4 Å². The molecule has 1 heterocycles. The van der Waals surface area contributed by atoms with E-state index in [1.165, 1.54) is 4.31 Å². The van der Waals surface area contributed by atoms with Crippen molar-refractivity contribution >= 4 is 21.9 Å². The molecule has 1 aromatic rings. The number of nitrogens with one attached hydrogen (secondary N) is 1. The Morgan fingerprint density at radius 1 is 1.30 bits per heavy atom. The van der Waals surface area contributed by atoms with Crippen molar-refractivity contribution < 1.29 is 23.1 Å². The molecule has 1 amide bonds. The summed E-state index contributed by atoms with van der Waals surface area (Å²) in [6.07, 6.45) is 2.23. The number of carbonyl (C=O) groups is 2. The van der Waals surface area contributed by atoms with Gasteiger partial charge in [0.05, 0.1) is 12.2 Å². The van der Waals surface area contributed by atoms with Crippen molar-refractivity contribution in [2.75, 3.05) is 19.3 Å². The highest BCUT2D eigenvalue weighted by molar-refractivity contribution is 7.88. The molecule has 1 aliphatic rings. The van der Waals surface area contributed by atoms with Crippen molar-refractivity contribution in [3.05, 3.63) is 35.9 Å². The third-order valence-corrected chi connectivity index (χ3v) is 5.16. The number of benzene rings is 1. The smallest absolute Gasteiger partial charge is 0.330 e. The number of hydrogen-bond acceptors (Lipinski definition) is 4. The van der Waals surface area contributed by atoms with Crippen LogP contribution in [0.5, 0.6) is 0 Å². The van der Waals surface area contributed by atoms with Gasteiger partial charge in [-0.25, -0.2) is 17.5 Å². The molecule has 0 radical (unpaired) electrons. The fourth-order valence-electron chi connectivity index (χ4n) is 2.65. The Morgan fingerprint density at radius 2 is 1.96 bits per heavy atom. The van der Waals surface area contributed by atoms with E-state index in [4.69, 9.17) is 0 Å². The van der Waals surface area contributed by atoms with Crippen LogP contribution in [-0.4, -0.2) is 49.1 Å². The first kappa shape index (κ1) is 17.4. The van der Waals surface area contributed by atoms with Crippen LogP contribution in [0.25, 0.3) is 0 Å². The monoisotopic (exact) mass is 340 g/mol. The summed E-state index contributed by atoms with van der Waals surface area (Å²) in [4.78, 5) is 23.8. The van der Waals surface area contributed by atoms with Gasteiger partial charge in [-0.2, -0.15) is 0 Å². The summed E-state index contributed by atoms with van der Waals surface area (Å²) in [5, 5.41) is 11.8. The second-order valence-electron chi connectivity index (χ2n) is 5.65. The minimum Gasteiger partial charge on any atom is -0.479 e. The molecule has 0 saturated carbocycles. The quantitative estimate of drug-likeness (QED) is 0.817. The lowest BCUT2D eigenvalue weighted by atomic mass is 9.97. The lowest BCUT2D eigenvalue weighted by Crippen LogP contribution is -2.46. The van der Waals surface area contributed by atoms with Crippen molar-refractivity contribution in [1.29, 1.82) is 0 Å². The first-order valence-electron chi connectivity index (χ1n) is 7.32. The van der Waals surface area contributed by atoms with E-state index in [2.05, 4.69) is 5.32 Å². The van der Waals surface area contributed by atoms with Gasteiger partial charge in [-0.05, 0) is 18.4 Å². The predicted octanol–water partition coefficient (Wildman–Crippen LogP) is 0.600. The number of aliphatic carboxylic acids is 1. The molecule has 2 N–H and O–H groups in total. The number of carbonyl (C=O) groups excluding carboxylic acids is 1. The molecule has 1 aromatic carbocycles. The van der Waals surface area contributed by atoms with E-state index >= 15 is 0 Å². The third-order valence-electron chi connectivity index (χ3n) is 3.89. The Morgan fingerprint density at radius 3 is 2.52 bits per heavy atom. The molecule has 8 heteroatoms. The van der Waals surface area contributed by atoms with Crippen molar-refractivity contribution in [2.45, 2.75) is 18.9 Å². The molecule has 2 atom stereocenters. The molecule has 0 spiro atoms. The van der Waals surface area contributed by atoms with Gasteiger partial charge in [-0.3, -0.25) is 4.79 Å². The number of sulfonamides is 1. The van der Waals surface area contributed by atoms with E-state index in [0.29, 0.717) is 24.9 Å². The minimum atomic E-state index is -3.35. The molecule has 1 saturated heterocycles. The Hall–Kier alpha value is -1.93. The minimum absolute atomic E-state index is 0.0891. The molecular weight excluding hydrogens is 320 g/mol. The number of carboxylic acids is 1. The summed E-state index contributed by atoms with van der Waals surface area (Å²) in [5.74, 6) is -2.13. The maximum Gasteiger partial charge on any atom is 0.330 e. The van der Waals surface area contributed by atoms with Gasteiger partial charge in [0.15, 0.2) is 6.04 Å². The number of nitrogens with zero attached hydrogens (tertiary/aromatic N) is 1. The number of piperidine rings is 1. The van der Waals surface area contributed by atoms with E-state index in [9.17, 15) is 23.1 Å². The van der Waals surface area contributed by atoms with Crippen LogP contribution < -0.4 is 5.32 Å². The van der Waals surface area contributed by atoms with Gasteiger partial charge in [0, 0.05) is 13.1 Å². The molecule has 0 aliphatic carbocycles. The van der Waals surface area contributed by atoms with Crippen LogP contribution in [0.15, 0.2) is 30.3 Å². The molecule has 23 heavy (non-hydrogen) atoms. The van der Waals surface area contributed by atoms with Gasteiger partial charge in [0.25, 0.3) is 0 Å². The first-order chi connectivity index (χ1) is 10.8. The van der Waals surface area contributed by atoms with Crippen molar-refractivity contribution in [1.82, 2.24) is 9.62 Å². The standard InChI is InChI=1S/C15H20N2O5S/c1-23(21,22)17-9-5-8-12(10-17)14(18)16-13(15(19)20)11-6-3-2-4-7-11/h2-4,6-7,12-13H,5,8-10H2,1H3,(H,16,18)(H,19,20)/t12-,13+/m0/s1. The topological polar surface area (TPSA) is 104 Å². The van der Waals surface area contributed by atoms with Crippen LogP contribution in [-0.2, 0) is 19.6 Å². The zero-order valence-corrected chi connectivity index (χ0v) is 13.6. The highest BCUT2D eigenvalue weighted by Gasteiger charge is 2.32. The molecular formula is C15H20N2O5S. The van der Waals surface area contributed by atoms with E-state index in [-0.39, 0.29) is 6.54 Å². The number of rotatable bonds is 5.